The summed E-state index contributed by atoms with van der Waals surface area (Å²) in [6.45, 7) is 0. The van der Waals surface area contributed by atoms with Crippen LogP contribution in [0.3, 0.4) is 0 Å². The van der Waals surface area contributed by atoms with Crippen LogP contribution >= 0.6 is 0 Å². The Morgan fingerprint density at radius 1 is 0.273 bits per heavy atom. The minimum atomic E-state index is 0.857. The van der Waals surface area contributed by atoms with Crippen LogP contribution in [0.1, 0.15) is 0 Å². The van der Waals surface area contributed by atoms with E-state index in [0.717, 1.165) is 77.9 Å². The lowest BCUT2D eigenvalue weighted by Crippen LogP contribution is -2.13. The Kier molecular flexibility index (Phi) is 9.89. The van der Waals surface area contributed by atoms with E-state index >= 15 is 0 Å². The third-order valence-corrected chi connectivity index (χ3v) is 12.9. The highest BCUT2D eigenvalue weighted by Gasteiger charge is 2.26. The number of hydrogen-bond acceptors (Lipinski definition) is 2. The van der Waals surface area contributed by atoms with Crippen molar-refractivity contribution in [2.24, 2.45) is 0 Å². The molecule has 0 amide bonds. The molecule has 0 N–H and O–H groups in total. The zero-order valence-corrected chi connectivity index (χ0v) is 36.2. The number of benzene rings is 11. The lowest BCUT2D eigenvalue weighted by Gasteiger charge is -2.31. The van der Waals surface area contributed by atoms with E-state index in [1.54, 1.807) is 0 Å². The van der Waals surface area contributed by atoms with Gasteiger partial charge in [-0.3, -0.25) is 0 Å². The zero-order chi connectivity index (χ0) is 43.8. The van der Waals surface area contributed by atoms with Crippen molar-refractivity contribution in [3.05, 3.63) is 261 Å². The summed E-state index contributed by atoms with van der Waals surface area (Å²) in [6.07, 6.45) is 0. The summed E-state index contributed by atoms with van der Waals surface area (Å²) in [5.74, 6) is 0. The van der Waals surface area contributed by atoms with Crippen LogP contribution in [-0.4, -0.2) is 0 Å². The minimum Gasteiger partial charge on any atom is -0.456 e. The first-order valence-electron chi connectivity index (χ1n) is 22.6. The number of anilines is 3. The topological polar surface area (TPSA) is 16.4 Å². The maximum absolute atomic E-state index is 6.61. The Labute approximate surface area is 384 Å². The van der Waals surface area contributed by atoms with Gasteiger partial charge in [0.25, 0.3) is 0 Å². The average molecular weight is 842 g/mol. The third-order valence-electron chi connectivity index (χ3n) is 12.9. The van der Waals surface area contributed by atoms with Gasteiger partial charge in [-0.2, -0.15) is 0 Å². The molecule has 0 atom stereocenters. The smallest absolute Gasteiger partial charge is 0.136 e. The third kappa shape index (κ3) is 7.02. The first-order chi connectivity index (χ1) is 32.7. The van der Waals surface area contributed by atoms with Gasteiger partial charge in [-0.05, 0) is 115 Å². The van der Waals surface area contributed by atoms with Gasteiger partial charge in [-0.15, -0.1) is 0 Å². The van der Waals surface area contributed by atoms with Gasteiger partial charge in [0, 0.05) is 27.6 Å². The van der Waals surface area contributed by atoms with Gasteiger partial charge >= 0.3 is 0 Å². The van der Waals surface area contributed by atoms with Crippen LogP contribution in [0, 0.1) is 0 Å². The van der Waals surface area contributed by atoms with Crippen molar-refractivity contribution in [2.75, 3.05) is 4.90 Å². The molecule has 12 rings (SSSR count). The fourth-order valence-electron chi connectivity index (χ4n) is 9.80. The Morgan fingerprint density at radius 3 is 1.56 bits per heavy atom. The molecular weight excluding hydrogens is 799 g/mol. The second-order valence-corrected chi connectivity index (χ2v) is 16.8. The Balaban J connectivity index is 1.16. The molecule has 0 saturated heterocycles. The molecule has 0 radical (unpaired) electrons. The van der Waals surface area contributed by atoms with Gasteiger partial charge in [-0.1, -0.05) is 212 Å². The Morgan fingerprint density at radius 2 is 0.788 bits per heavy atom. The molecule has 0 aliphatic heterocycles. The van der Waals surface area contributed by atoms with Gasteiger partial charge in [0.2, 0.25) is 0 Å². The predicted molar refractivity (Wildman–Crippen MR) is 279 cm³/mol. The predicted octanol–water partition coefficient (Wildman–Crippen LogP) is 18.2. The fraction of sp³-hybridized carbons (Fsp3) is 0. The van der Waals surface area contributed by atoms with Crippen molar-refractivity contribution in [3.8, 4) is 66.8 Å². The molecule has 0 aliphatic carbocycles. The Hall–Kier alpha value is -8.72. The first-order valence-corrected chi connectivity index (χ1v) is 22.6. The van der Waals surface area contributed by atoms with Crippen molar-refractivity contribution in [1.29, 1.82) is 0 Å². The van der Waals surface area contributed by atoms with Crippen LogP contribution in [-0.2, 0) is 0 Å². The van der Waals surface area contributed by atoms with Crippen LogP contribution in [0.25, 0.3) is 99.5 Å². The summed E-state index contributed by atoms with van der Waals surface area (Å²) >= 11 is 0. The van der Waals surface area contributed by atoms with Crippen molar-refractivity contribution in [3.63, 3.8) is 0 Å². The molecular formula is C64H43NO. The molecule has 0 saturated carbocycles. The summed E-state index contributed by atoms with van der Waals surface area (Å²) < 4.78 is 6.61. The number of para-hydroxylation sites is 1. The van der Waals surface area contributed by atoms with Crippen LogP contribution in [0.4, 0.5) is 17.1 Å². The molecule has 0 bridgehead atoms. The summed E-state index contributed by atoms with van der Waals surface area (Å²) in [6, 6.07) is 94.1. The first kappa shape index (κ1) is 38.9. The van der Waals surface area contributed by atoms with Gasteiger partial charge in [0.1, 0.15) is 11.2 Å². The van der Waals surface area contributed by atoms with Crippen LogP contribution in [0.15, 0.2) is 265 Å². The maximum Gasteiger partial charge on any atom is 0.136 e. The monoisotopic (exact) mass is 841 g/mol. The quantitative estimate of drug-likeness (QED) is 0.144. The number of nitrogens with zero attached hydrogens (tertiary/aromatic N) is 1. The van der Waals surface area contributed by atoms with Crippen molar-refractivity contribution in [2.45, 2.75) is 0 Å². The number of hydrogen-bond donors (Lipinski definition) is 0. The molecule has 0 aliphatic rings. The molecule has 12 aromatic rings. The molecule has 2 nitrogen and oxygen atoms in total. The molecule has 1 heterocycles. The lowest BCUT2D eigenvalue weighted by molar-refractivity contribution is 0.669. The van der Waals surface area contributed by atoms with Crippen LogP contribution in [0.5, 0.6) is 0 Å². The number of rotatable bonds is 9. The van der Waals surface area contributed by atoms with E-state index in [1.807, 2.05) is 6.07 Å². The molecule has 11 aromatic carbocycles. The minimum absolute atomic E-state index is 0.857. The highest BCUT2D eigenvalue weighted by atomic mass is 16.3. The van der Waals surface area contributed by atoms with E-state index in [0.29, 0.717) is 0 Å². The van der Waals surface area contributed by atoms with Crippen molar-refractivity contribution < 1.29 is 4.42 Å². The number of furan rings is 1. The van der Waals surface area contributed by atoms with E-state index in [1.165, 1.54) is 38.6 Å². The highest BCUT2D eigenvalue weighted by Crippen LogP contribution is 2.51. The normalized spacial score (nSPS) is 11.3. The lowest BCUT2D eigenvalue weighted by atomic mass is 9.88. The van der Waals surface area contributed by atoms with E-state index in [4.69, 9.17) is 4.42 Å². The molecule has 66 heavy (non-hydrogen) atoms. The molecule has 2 heteroatoms. The largest absolute Gasteiger partial charge is 0.456 e. The van der Waals surface area contributed by atoms with Gasteiger partial charge in [0.05, 0.1) is 11.4 Å². The summed E-state index contributed by atoms with van der Waals surface area (Å²) in [5, 5.41) is 4.64. The molecule has 0 spiro atoms. The SMILES string of the molecule is c1ccc(-c2cccc(-c3cccc(N(c4ccc(-c5cccc6ccccc56)cc4)c4ccc(-c5ccccc5)cc4-c4ccccc4)c3-c3cccc4oc5ccccc5c34)c2)cc1. The maximum atomic E-state index is 6.61. The summed E-state index contributed by atoms with van der Waals surface area (Å²) in [4.78, 5) is 2.48. The fourth-order valence-corrected chi connectivity index (χ4v) is 9.80. The van der Waals surface area contributed by atoms with Crippen molar-refractivity contribution in [1.82, 2.24) is 0 Å². The van der Waals surface area contributed by atoms with E-state index in [-0.39, 0.29) is 0 Å². The summed E-state index contributed by atoms with van der Waals surface area (Å²) in [7, 11) is 0. The molecule has 0 fully saturated rings. The second-order valence-electron chi connectivity index (χ2n) is 16.8. The van der Waals surface area contributed by atoms with E-state index in [2.05, 4.69) is 260 Å². The van der Waals surface area contributed by atoms with Gasteiger partial charge < -0.3 is 9.32 Å². The summed E-state index contributed by atoms with van der Waals surface area (Å²) in [5.41, 5.74) is 18.7. The highest BCUT2D eigenvalue weighted by molar-refractivity contribution is 6.16. The zero-order valence-electron chi connectivity index (χ0n) is 36.2. The van der Waals surface area contributed by atoms with Gasteiger partial charge in [0.15, 0.2) is 0 Å². The molecule has 1 aromatic heterocycles. The van der Waals surface area contributed by atoms with Crippen molar-refractivity contribution >= 4 is 49.8 Å². The van der Waals surface area contributed by atoms with E-state index in [9.17, 15) is 0 Å². The second kappa shape index (κ2) is 16.8. The Bertz CT molecular complexity index is 3680. The molecule has 310 valence electrons. The van der Waals surface area contributed by atoms with E-state index < -0.39 is 0 Å². The van der Waals surface area contributed by atoms with Gasteiger partial charge in [-0.25, -0.2) is 0 Å². The van der Waals surface area contributed by atoms with Crippen LogP contribution in [0.2, 0.25) is 0 Å². The standard InChI is InChI=1S/C64H43NO/c1-4-18-44(19-5-1)49-26-14-27-51(42-49)55-31-16-33-60(63(55)57-32-17-35-62-64(57)56-29-12-13-34-61(56)66-62)65(52-39-36-48(37-40-52)54-30-15-25-46-24-10-11-28-53(46)54)59-41-38-50(45-20-6-2-7-21-45)43-58(59)47-22-8-3-9-23-47/h1-43H. The average Bonchev–Trinajstić information content (AvgIpc) is 3.79. The molecule has 0 unspecified atom stereocenters. The van der Waals surface area contributed by atoms with Crippen LogP contribution < -0.4 is 4.90 Å². The number of fused-ring (bicyclic) bond motifs is 4.